The van der Waals surface area contributed by atoms with Crippen molar-refractivity contribution in [3.8, 4) is 0 Å². The fourth-order valence-electron chi connectivity index (χ4n) is 2.01. The lowest BCUT2D eigenvalue weighted by Crippen LogP contribution is -2.16. The molecule has 2 aromatic rings. The molecule has 0 bridgehead atoms. The van der Waals surface area contributed by atoms with Crippen LogP contribution in [0.4, 0.5) is 16.5 Å². The van der Waals surface area contributed by atoms with Gasteiger partial charge in [0.25, 0.3) is 5.69 Å². The molecule has 9 heteroatoms. The summed E-state index contributed by atoms with van der Waals surface area (Å²) in [5.41, 5.74) is 0.380. The van der Waals surface area contributed by atoms with E-state index in [2.05, 4.69) is 34.7 Å². The highest BCUT2D eigenvalue weighted by Gasteiger charge is 2.13. The number of nitrogens with zero attached hydrogens (tertiary/aromatic N) is 3. The maximum Gasteiger partial charge on any atom is 0.292 e. The average Bonchev–Trinajstić information content (AvgIpc) is 2.93. The van der Waals surface area contributed by atoms with E-state index in [1.165, 1.54) is 17.4 Å². The predicted octanol–water partition coefficient (Wildman–Crippen LogP) is 3.09. The van der Waals surface area contributed by atoms with E-state index in [4.69, 9.17) is 0 Å². The second-order valence-corrected chi connectivity index (χ2v) is 6.66. The molecule has 0 saturated heterocycles. The van der Waals surface area contributed by atoms with Crippen molar-refractivity contribution in [1.82, 2.24) is 10.2 Å². The number of aromatic nitrogens is 2. The number of nitro groups is 1. The van der Waals surface area contributed by atoms with Crippen molar-refractivity contribution in [1.29, 1.82) is 0 Å². The SMILES string of the molecule is CC(C)Cc1nnc(NC(=O)CCNc2ccccc2[N+](=O)[O-])s1. The van der Waals surface area contributed by atoms with Crippen molar-refractivity contribution in [2.75, 3.05) is 17.2 Å². The molecular formula is C15H19N5O3S. The van der Waals surface area contributed by atoms with Crippen molar-refractivity contribution in [3.63, 3.8) is 0 Å². The Kier molecular flexibility index (Phi) is 6.19. The summed E-state index contributed by atoms with van der Waals surface area (Å²) in [5.74, 6) is 0.265. The number of carbonyl (C=O) groups is 1. The number of nitrogens with one attached hydrogen (secondary N) is 2. The van der Waals surface area contributed by atoms with Crippen molar-refractivity contribution in [2.24, 2.45) is 5.92 Å². The summed E-state index contributed by atoms with van der Waals surface area (Å²) in [4.78, 5) is 22.4. The van der Waals surface area contributed by atoms with Crippen LogP contribution in [0.2, 0.25) is 0 Å². The van der Waals surface area contributed by atoms with Gasteiger partial charge in [-0.2, -0.15) is 0 Å². The van der Waals surface area contributed by atoms with Crippen molar-refractivity contribution >= 4 is 33.8 Å². The molecule has 0 unspecified atom stereocenters. The Morgan fingerprint density at radius 3 is 2.79 bits per heavy atom. The summed E-state index contributed by atoms with van der Waals surface area (Å²) in [6.07, 6.45) is 0.998. The van der Waals surface area contributed by atoms with Crippen LogP contribution in [0.1, 0.15) is 25.3 Å². The summed E-state index contributed by atoms with van der Waals surface area (Å²) < 4.78 is 0. The van der Waals surface area contributed by atoms with E-state index in [1.807, 2.05) is 0 Å². The van der Waals surface area contributed by atoms with Gasteiger partial charge in [-0.15, -0.1) is 10.2 Å². The summed E-state index contributed by atoms with van der Waals surface area (Å²) in [6.45, 7) is 4.47. The number of hydrogen-bond donors (Lipinski definition) is 2. The Hall–Kier alpha value is -2.55. The zero-order valence-electron chi connectivity index (χ0n) is 13.5. The third-order valence-electron chi connectivity index (χ3n) is 3.06. The molecular weight excluding hydrogens is 330 g/mol. The molecule has 0 radical (unpaired) electrons. The Morgan fingerprint density at radius 2 is 2.08 bits per heavy atom. The monoisotopic (exact) mass is 349 g/mol. The molecule has 1 aromatic carbocycles. The van der Waals surface area contributed by atoms with Crippen LogP contribution in [0.25, 0.3) is 0 Å². The normalized spacial score (nSPS) is 10.6. The number of amides is 1. The molecule has 0 saturated carbocycles. The fraction of sp³-hybridized carbons (Fsp3) is 0.400. The highest BCUT2D eigenvalue weighted by Crippen LogP contribution is 2.23. The van der Waals surface area contributed by atoms with Gasteiger partial charge in [-0.25, -0.2) is 0 Å². The van der Waals surface area contributed by atoms with Gasteiger partial charge >= 0.3 is 0 Å². The first-order chi connectivity index (χ1) is 11.5. The number of para-hydroxylation sites is 2. The highest BCUT2D eigenvalue weighted by atomic mass is 32.1. The Bertz CT molecular complexity index is 717. The van der Waals surface area contributed by atoms with Crippen LogP contribution in [0, 0.1) is 16.0 Å². The van der Waals surface area contributed by atoms with Crippen LogP contribution in [0.5, 0.6) is 0 Å². The Morgan fingerprint density at radius 1 is 1.33 bits per heavy atom. The average molecular weight is 349 g/mol. The largest absolute Gasteiger partial charge is 0.379 e. The van der Waals surface area contributed by atoms with Gasteiger partial charge in [-0.05, 0) is 12.0 Å². The minimum atomic E-state index is -0.458. The smallest absolute Gasteiger partial charge is 0.292 e. The highest BCUT2D eigenvalue weighted by molar-refractivity contribution is 7.15. The van der Waals surface area contributed by atoms with Crippen molar-refractivity contribution < 1.29 is 9.72 Å². The fourth-order valence-corrected chi connectivity index (χ4v) is 2.98. The summed E-state index contributed by atoms with van der Waals surface area (Å²) in [5, 5.41) is 25.8. The van der Waals surface area contributed by atoms with E-state index >= 15 is 0 Å². The lowest BCUT2D eigenvalue weighted by molar-refractivity contribution is -0.384. The number of rotatable bonds is 8. The first-order valence-electron chi connectivity index (χ1n) is 7.55. The lowest BCUT2D eigenvalue weighted by Gasteiger charge is -2.06. The molecule has 1 heterocycles. The second kappa shape index (κ2) is 8.34. The topological polar surface area (TPSA) is 110 Å². The minimum Gasteiger partial charge on any atom is -0.379 e. The maximum absolute atomic E-state index is 11.9. The molecule has 0 aliphatic heterocycles. The van der Waals surface area contributed by atoms with Gasteiger partial charge in [0.1, 0.15) is 10.7 Å². The van der Waals surface area contributed by atoms with E-state index in [0.29, 0.717) is 16.7 Å². The quantitative estimate of drug-likeness (QED) is 0.560. The molecule has 2 rings (SSSR count). The summed E-state index contributed by atoms with van der Waals surface area (Å²) in [6, 6.07) is 6.33. The second-order valence-electron chi connectivity index (χ2n) is 5.60. The first kappa shape index (κ1) is 17.8. The van der Waals surface area contributed by atoms with E-state index in [-0.39, 0.29) is 24.6 Å². The maximum atomic E-state index is 11.9. The number of hydrogen-bond acceptors (Lipinski definition) is 7. The molecule has 0 atom stereocenters. The Balaban J connectivity index is 1.81. The van der Waals surface area contributed by atoms with Crippen LogP contribution in [-0.4, -0.2) is 27.6 Å². The zero-order valence-corrected chi connectivity index (χ0v) is 14.3. The number of benzene rings is 1. The van der Waals surface area contributed by atoms with Gasteiger partial charge in [0.05, 0.1) is 4.92 Å². The standard InChI is InChI=1S/C15H19N5O3S/c1-10(2)9-14-18-19-15(24-14)17-13(21)7-8-16-11-5-3-4-6-12(11)20(22)23/h3-6,10,16H,7-9H2,1-2H3,(H,17,19,21). The van der Waals surface area contributed by atoms with E-state index < -0.39 is 4.92 Å². The van der Waals surface area contributed by atoms with E-state index in [0.717, 1.165) is 11.4 Å². The van der Waals surface area contributed by atoms with Crippen LogP contribution in [0.3, 0.4) is 0 Å². The van der Waals surface area contributed by atoms with Gasteiger partial charge in [0.15, 0.2) is 0 Å². The van der Waals surface area contributed by atoms with E-state index in [9.17, 15) is 14.9 Å². The molecule has 0 aliphatic carbocycles. The molecule has 0 spiro atoms. The van der Waals surface area contributed by atoms with Gasteiger partial charge in [-0.3, -0.25) is 14.9 Å². The summed E-state index contributed by atoms with van der Waals surface area (Å²) in [7, 11) is 0. The lowest BCUT2D eigenvalue weighted by atomic mass is 10.1. The molecule has 2 N–H and O–H groups in total. The molecule has 0 aliphatic rings. The zero-order chi connectivity index (χ0) is 17.5. The predicted molar refractivity (Wildman–Crippen MR) is 93.3 cm³/mol. The van der Waals surface area contributed by atoms with E-state index in [1.54, 1.807) is 18.2 Å². The van der Waals surface area contributed by atoms with Crippen LogP contribution in [0.15, 0.2) is 24.3 Å². The first-order valence-corrected chi connectivity index (χ1v) is 8.37. The molecule has 128 valence electrons. The van der Waals surface area contributed by atoms with Crippen LogP contribution >= 0.6 is 11.3 Å². The van der Waals surface area contributed by atoms with Crippen molar-refractivity contribution in [2.45, 2.75) is 26.7 Å². The molecule has 24 heavy (non-hydrogen) atoms. The molecule has 1 amide bonds. The van der Waals surface area contributed by atoms with Gasteiger partial charge in [-0.1, -0.05) is 37.3 Å². The van der Waals surface area contributed by atoms with Gasteiger partial charge < -0.3 is 10.6 Å². The Labute approximate surface area is 143 Å². The van der Waals surface area contributed by atoms with Crippen LogP contribution < -0.4 is 10.6 Å². The van der Waals surface area contributed by atoms with Crippen LogP contribution in [-0.2, 0) is 11.2 Å². The van der Waals surface area contributed by atoms with Gasteiger partial charge in [0.2, 0.25) is 11.0 Å². The number of carbonyl (C=O) groups excluding carboxylic acids is 1. The van der Waals surface area contributed by atoms with Gasteiger partial charge in [0, 0.05) is 25.5 Å². The minimum absolute atomic E-state index is 0.0136. The molecule has 1 aromatic heterocycles. The molecule has 8 nitrogen and oxygen atoms in total. The third kappa shape index (κ3) is 5.27. The third-order valence-corrected chi connectivity index (χ3v) is 3.93. The van der Waals surface area contributed by atoms with Crippen molar-refractivity contribution in [3.05, 3.63) is 39.4 Å². The number of nitro benzene ring substituents is 1. The molecule has 0 fully saturated rings. The number of anilines is 2. The summed E-state index contributed by atoms with van der Waals surface area (Å²) >= 11 is 1.36.